The summed E-state index contributed by atoms with van der Waals surface area (Å²) in [6, 6.07) is 6.22. The Morgan fingerprint density at radius 2 is 2.06 bits per heavy atom. The zero-order valence-electron chi connectivity index (χ0n) is 10.2. The van der Waals surface area contributed by atoms with Crippen molar-refractivity contribution in [2.75, 3.05) is 6.54 Å². The maximum atomic E-state index is 13.2. The molecule has 96 valence electrons. The van der Waals surface area contributed by atoms with Crippen LogP contribution in [0, 0.1) is 17.1 Å². The molecule has 0 aliphatic heterocycles. The molecule has 1 aromatic rings. The summed E-state index contributed by atoms with van der Waals surface area (Å²) in [6.45, 7) is 0.986. The van der Waals surface area contributed by atoms with Crippen molar-refractivity contribution in [3.8, 4) is 6.07 Å². The third-order valence-electron chi connectivity index (χ3n) is 3.40. The van der Waals surface area contributed by atoms with Crippen molar-refractivity contribution in [3.63, 3.8) is 0 Å². The van der Waals surface area contributed by atoms with Crippen molar-refractivity contribution < 1.29 is 9.50 Å². The summed E-state index contributed by atoms with van der Waals surface area (Å²) in [7, 11) is 0. The minimum atomic E-state index is -0.606. The van der Waals surface area contributed by atoms with Crippen LogP contribution in [0.3, 0.4) is 0 Å². The van der Waals surface area contributed by atoms with Gasteiger partial charge < -0.3 is 10.4 Å². The van der Waals surface area contributed by atoms with E-state index >= 15 is 0 Å². The van der Waals surface area contributed by atoms with Crippen LogP contribution >= 0.6 is 0 Å². The van der Waals surface area contributed by atoms with Gasteiger partial charge in [0.05, 0.1) is 17.2 Å². The minimum Gasteiger partial charge on any atom is -0.389 e. The van der Waals surface area contributed by atoms with Crippen molar-refractivity contribution in [3.05, 3.63) is 35.1 Å². The summed E-state index contributed by atoms with van der Waals surface area (Å²) in [5.74, 6) is -0.398. The average Bonchev–Trinajstić information content (AvgIpc) is 2.75. The van der Waals surface area contributed by atoms with Gasteiger partial charge in [-0.05, 0) is 36.6 Å². The van der Waals surface area contributed by atoms with Crippen LogP contribution in [-0.4, -0.2) is 17.3 Å². The highest BCUT2D eigenvalue weighted by Crippen LogP contribution is 2.28. The highest BCUT2D eigenvalue weighted by molar-refractivity contribution is 5.33. The van der Waals surface area contributed by atoms with E-state index in [0.717, 1.165) is 31.2 Å². The van der Waals surface area contributed by atoms with Gasteiger partial charge in [-0.2, -0.15) is 5.26 Å². The number of nitrogens with zero attached hydrogens (tertiary/aromatic N) is 1. The molecule has 2 rings (SSSR count). The number of nitrogens with one attached hydrogen (secondary N) is 1. The van der Waals surface area contributed by atoms with E-state index in [-0.39, 0.29) is 0 Å². The Morgan fingerprint density at radius 1 is 1.33 bits per heavy atom. The molecule has 1 saturated carbocycles. The molecule has 0 atom stereocenters. The minimum absolute atomic E-state index is 0.325. The summed E-state index contributed by atoms with van der Waals surface area (Å²) in [5, 5.41) is 22.0. The molecule has 0 radical (unpaired) electrons. The highest BCUT2D eigenvalue weighted by Gasteiger charge is 2.30. The topological polar surface area (TPSA) is 56.0 Å². The molecule has 0 heterocycles. The van der Waals surface area contributed by atoms with Crippen LogP contribution in [-0.2, 0) is 6.54 Å². The Hall–Kier alpha value is -1.44. The van der Waals surface area contributed by atoms with Gasteiger partial charge in [-0.15, -0.1) is 0 Å². The number of hydrogen-bond acceptors (Lipinski definition) is 3. The first-order chi connectivity index (χ1) is 8.61. The van der Waals surface area contributed by atoms with Gasteiger partial charge in [-0.3, -0.25) is 0 Å². The Morgan fingerprint density at radius 3 is 2.72 bits per heavy atom. The number of nitriles is 1. The normalized spacial score (nSPS) is 17.6. The predicted molar refractivity (Wildman–Crippen MR) is 66.2 cm³/mol. The molecule has 0 unspecified atom stereocenters. The van der Waals surface area contributed by atoms with Crippen molar-refractivity contribution in [1.29, 1.82) is 5.26 Å². The predicted octanol–water partition coefficient (Wildman–Crippen LogP) is 2.09. The molecule has 3 nitrogen and oxygen atoms in total. The number of halogens is 1. The molecule has 0 spiro atoms. The Balaban J connectivity index is 1.90. The summed E-state index contributed by atoms with van der Waals surface area (Å²) in [4.78, 5) is 0. The Labute approximate surface area is 106 Å². The van der Waals surface area contributed by atoms with Crippen molar-refractivity contribution in [2.24, 2.45) is 0 Å². The molecule has 0 amide bonds. The van der Waals surface area contributed by atoms with Crippen LogP contribution in [0.4, 0.5) is 4.39 Å². The van der Waals surface area contributed by atoms with E-state index in [0.29, 0.717) is 18.7 Å². The second kappa shape index (κ2) is 5.47. The van der Waals surface area contributed by atoms with Crippen LogP contribution in [0.25, 0.3) is 0 Å². The second-order valence-electron chi connectivity index (χ2n) is 4.99. The van der Waals surface area contributed by atoms with Gasteiger partial charge in [0.25, 0.3) is 0 Å². The SMILES string of the molecule is N#Cc1cc(F)cc(CNCC2(O)CCCC2)c1. The van der Waals surface area contributed by atoms with E-state index in [4.69, 9.17) is 5.26 Å². The van der Waals surface area contributed by atoms with Crippen LogP contribution in [0.2, 0.25) is 0 Å². The molecule has 0 saturated heterocycles. The van der Waals surface area contributed by atoms with Crippen molar-refractivity contribution in [2.45, 2.75) is 37.8 Å². The van der Waals surface area contributed by atoms with Gasteiger partial charge in [-0.25, -0.2) is 4.39 Å². The first-order valence-corrected chi connectivity index (χ1v) is 6.24. The first kappa shape index (κ1) is 13.0. The Kier molecular flexibility index (Phi) is 3.95. The van der Waals surface area contributed by atoms with Crippen LogP contribution in [0.15, 0.2) is 18.2 Å². The second-order valence-corrected chi connectivity index (χ2v) is 4.99. The third-order valence-corrected chi connectivity index (χ3v) is 3.40. The lowest BCUT2D eigenvalue weighted by Crippen LogP contribution is -2.37. The number of benzene rings is 1. The van der Waals surface area contributed by atoms with E-state index in [1.165, 1.54) is 12.1 Å². The molecule has 2 N–H and O–H groups in total. The molecule has 0 aromatic heterocycles. The van der Waals surface area contributed by atoms with Gasteiger partial charge in [0.2, 0.25) is 0 Å². The zero-order valence-corrected chi connectivity index (χ0v) is 10.2. The van der Waals surface area contributed by atoms with Gasteiger partial charge in [0.1, 0.15) is 5.82 Å². The molecule has 1 fully saturated rings. The fraction of sp³-hybridized carbons (Fsp3) is 0.500. The molecule has 1 aliphatic rings. The summed E-state index contributed by atoms with van der Waals surface area (Å²) >= 11 is 0. The van der Waals surface area contributed by atoms with E-state index in [1.807, 2.05) is 6.07 Å². The first-order valence-electron chi connectivity index (χ1n) is 6.24. The maximum absolute atomic E-state index is 13.2. The summed E-state index contributed by atoms with van der Waals surface area (Å²) in [6.07, 6.45) is 3.78. The van der Waals surface area contributed by atoms with E-state index < -0.39 is 11.4 Å². The smallest absolute Gasteiger partial charge is 0.124 e. The molecule has 18 heavy (non-hydrogen) atoms. The maximum Gasteiger partial charge on any atom is 0.124 e. The zero-order chi connectivity index (χ0) is 13.0. The largest absolute Gasteiger partial charge is 0.389 e. The fourth-order valence-corrected chi connectivity index (χ4v) is 2.47. The average molecular weight is 248 g/mol. The van der Waals surface area contributed by atoms with E-state index in [2.05, 4.69) is 5.32 Å². The number of rotatable bonds is 4. The lowest BCUT2D eigenvalue weighted by molar-refractivity contribution is 0.0475. The molecular weight excluding hydrogens is 231 g/mol. The molecule has 1 aromatic carbocycles. The quantitative estimate of drug-likeness (QED) is 0.857. The monoisotopic (exact) mass is 248 g/mol. The third kappa shape index (κ3) is 3.28. The van der Waals surface area contributed by atoms with Crippen LogP contribution < -0.4 is 5.32 Å². The van der Waals surface area contributed by atoms with Gasteiger partial charge >= 0.3 is 0 Å². The lowest BCUT2D eigenvalue weighted by atomic mass is 10.0. The molecule has 1 aliphatic carbocycles. The standard InChI is InChI=1S/C14H17FN2O/c15-13-6-11(8-16)5-12(7-13)9-17-10-14(18)3-1-2-4-14/h5-7,17-18H,1-4,9-10H2. The van der Waals surface area contributed by atoms with Crippen molar-refractivity contribution in [1.82, 2.24) is 5.32 Å². The van der Waals surface area contributed by atoms with Crippen molar-refractivity contribution >= 4 is 0 Å². The summed E-state index contributed by atoms with van der Waals surface area (Å²) < 4.78 is 13.2. The van der Waals surface area contributed by atoms with Gasteiger partial charge in [0, 0.05) is 13.1 Å². The van der Waals surface area contributed by atoms with E-state index in [9.17, 15) is 9.50 Å². The van der Waals surface area contributed by atoms with Gasteiger partial charge in [0.15, 0.2) is 0 Å². The molecule has 4 heteroatoms. The van der Waals surface area contributed by atoms with Crippen LogP contribution in [0.5, 0.6) is 0 Å². The molecule has 0 bridgehead atoms. The highest BCUT2D eigenvalue weighted by atomic mass is 19.1. The number of aliphatic hydroxyl groups is 1. The summed E-state index contributed by atoms with van der Waals surface area (Å²) in [5.41, 5.74) is 0.449. The van der Waals surface area contributed by atoms with E-state index in [1.54, 1.807) is 6.07 Å². The number of hydrogen-bond donors (Lipinski definition) is 2. The Bertz CT molecular complexity index is 461. The van der Waals surface area contributed by atoms with Gasteiger partial charge in [-0.1, -0.05) is 12.8 Å². The fourth-order valence-electron chi connectivity index (χ4n) is 2.47. The van der Waals surface area contributed by atoms with Crippen LogP contribution in [0.1, 0.15) is 36.8 Å². The lowest BCUT2D eigenvalue weighted by Gasteiger charge is -2.22. The molecular formula is C14H17FN2O.